The first kappa shape index (κ1) is 18.4. The van der Waals surface area contributed by atoms with Crippen molar-refractivity contribution in [2.45, 2.75) is 38.3 Å². The van der Waals surface area contributed by atoms with E-state index in [0.29, 0.717) is 25.2 Å². The summed E-state index contributed by atoms with van der Waals surface area (Å²) < 4.78 is 5.13. The first-order valence-corrected chi connectivity index (χ1v) is 8.41. The minimum atomic E-state index is -0.242. The van der Waals surface area contributed by atoms with Crippen molar-refractivity contribution in [1.82, 2.24) is 10.2 Å². The highest BCUT2D eigenvalue weighted by Crippen LogP contribution is 2.15. The summed E-state index contributed by atoms with van der Waals surface area (Å²) in [5.74, 6) is 0.0120. The van der Waals surface area contributed by atoms with Gasteiger partial charge in [-0.25, -0.2) is 0 Å². The Morgan fingerprint density at radius 1 is 1.29 bits per heavy atom. The van der Waals surface area contributed by atoms with Crippen LogP contribution in [0.1, 0.15) is 35.2 Å². The molecule has 1 aromatic rings. The predicted octanol–water partition coefficient (Wildman–Crippen LogP) is 1.08. The van der Waals surface area contributed by atoms with Crippen molar-refractivity contribution in [3.63, 3.8) is 0 Å². The van der Waals surface area contributed by atoms with Crippen LogP contribution in [-0.2, 0) is 9.53 Å². The molecule has 2 amide bonds. The maximum atomic E-state index is 12.5. The Morgan fingerprint density at radius 2 is 1.92 bits per heavy atom. The lowest BCUT2D eigenvalue weighted by Gasteiger charge is -2.32. The molecular formula is C18H27N3O3. The van der Waals surface area contributed by atoms with Crippen LogP contribution >= 0.6 is 0 Å². The lowest BCUT2D eigenvalue weighted by atomic mass is 10.0. The number of piperidine rings is 1. The monoisotopic (exact) mass is 333 g/mol. The van der Waals surface area contributed by atoms with E-state index in [4.69, 9.17) is 10.5 Å². The number of nitrogens with zero attached hydrogens (tertiary/aromatic N) is 1. The summed E-state index contributed by atoms with van der Waals surface area (Å²) in [5.41, 5.74) is 7.39. The largest absolute Gasteiger partial charge is 0.380 e. The van der Waals surface area contributed by atoms with Crippen molar-refractivity contribution >= 4 is 11.8 Å². The van der Waals surface area contributed by atoms with Crippen LogP contribution < -0.4 is 11.1 Å². The molecule has 0 aromatic heterocycles. The molecule has 1 atom stereocenters. The molecule has 0 radical (unpaired) electrons. The van der Waals surface area contributed by atoms with Crippen molar-refractivity contribution in [2.75, 3.05) is 26.7 Å². The van der Waals surface area contributed by atoms with Crippen molar-refractivity contribution in [2.24, 2.45) is 5.73 Å². The molecule has 1 unspecified atom stereocenters. The van der Waals surface area contributed by atoms with Crippen LogP contribution in [-0.4, -0.2) is 55.6 Å². The van der Waals surface area contributed by atoms with E-state index in [9.17, 15) is 9.59 Å². The average molecular weight is 333 g/mol. The van der Waals surface area contributed by atoms with Gasteiger partial charge in [0.15, 0.2) is 0 Å². The summed E-state index contributed by atoms with van der Waals surface area (Å²) in [6, 6.07) is 7.73. The van der Waals surface area contributed by atoms with Crippen molar-refractivity contribution in [3.05, 3.63) is 35.4 Å². The molecule has 6 nitrogen and oxygen atoms in total. The molecule has 1 heterocycles. The van der Waals surface area contributed by atoms with Gasteiger partial charge < -0.3 is 20.7 Å². The number of nitrogens with two attached hydrogens (primary N) is 1. The minimum Gasteiger partial charge on any atom is -0.380 e. The molecule has 24 heavy (non-hydrogen) atoms. The van der Waals surface area contributed by atoms with Gasteiger partial charge >= 0.3 is 0 Å². The number of carbonyl (C=O) groups is 2. The van der Waals surface area contributed by atoms with Gasteiger partial charge in [0.1, 0.15) is 0 Å². The van der Waals surface area contributed by atoms with Crippen LogP contribution in [0.15, 0.2) is 24.3 Å². The fourth-order valence-electron chi connectivity index (χ4n) is 2.86. The molecule has 132 valence electrons. The second-order valence-electron chi connectivity index (χ2n) is 6.30. The number of likely N-dealkylation sites (tertiary alicyclic amines) is 1. The number of methoxy groups -OCH3 is 1. The summed E-state index contributed by atoms with van der Waals surface area (Å²) >= 11 is 0. The second-order valence-corrected chi connectivity index (χ2v) is 6.30. The fraction of sp³-hybridized carbons (Fsp3) is 0.556. The van der Waals surface area contributed by atoms with Gasteiger partial charge in [-0.3, -0.25) is 9.59 Å². The van der Waals surface area contributed by atoms with E-state index < -0.39 is 0 Å². The average Bonchev–Trinajstić information content (AvgIpc) is 2.60. The van der Waals surface area contributed by atoms with E-state index in [0.717, 1.165) is 18.4 Å². The first-order valence-electron chi connectivity index (χ1n) is 8.41. The van der Waals surface area contributed by atoms with Crippen LogP contribution in [0.3, 0.4) is 0 Å². The van der Waals surface area contributed by atoms with Crippen LogP contribution in [0.4, 0.5) is 0 Å². The van der Waals surface area contributed by atoms with Gasteiger partial charge in [-0.2, -0.15) is 0 Å². The summed E-state index contributed by atoms with van der Waals surface area (Å²) in [4.78, 5) is 26.3. The molecule has 0 bridgehead atoms. The summed E-state index contributed by atoms with van der Waals surface area (Å²) in [6.07, 6.45) is 1.57. The Balaban J connectivity index is 1.79. The topological polar surface area (TPSA) is 84.7 Å². The Hall–Kier alpha value is -1.92. The highest BCUT2D eigenvalue weighted by molar-refractivity contribution is 5.94. The molecule has 1 saturated heterocycles. The van der Waals surface area contributed by atoms with Crippen molar-refractivity contribution < 1.29 is 14.3 Å². The van der Waals surface area contributed by atoms with Gasteiger partial charge in [-0.05, 0) is 31.9 Å². The number of hydrogen-bond donors (Lipinski definition) is 2. The third kappa shape index (κ3) is 5.04. The lowest BCUT2D eigenvalue weighted by molar-refractivity contribution is -0.124. The smallest absolute Gasteiger partial charge is 0.253 e. The van der Waals surface area contributed by atoms with Crippen molar-refractivity contribution in [1.29, 1.82) is 0 Å². The number of amides is 2. The Morgan fingerprint density at radius 3 is 2.46 bits per heavy atom. The third-order valence-electron chi connectivity index (χ3n) is 4.46. The van der Waals surface area contributed by atoms with Gasteiger partial charge in [0, 0.05) is 38.3 Å². The molecule has 2 rings (SSSR count). The number of benzene rings is 1. The molecule has 0 saturated carbocycles. The number of carbonyl (C=O) groups excluding carboxylic acids is 2. The van der Waals surface area contributed by atoms with E-state index >= 15 is 0 Å². The number of hydrogen-bond acceptors (Lipinski definition) is 4. The quantitative estimate of drug-likeness (QED) is 0.816. The second kappa shape index (κ2) is 8.80. The number of rotatable bonds is 6. The molecule has 1 fully saturated rings. The van der Waals surface area contributed by atoms with Crippen LogP contribution in [0.2, 0.25) is 0 Å². The number of ether oxygens (including phenoxy) is 1. The molecule has 1 aliphatic heterocycles. The summed E-state index contributed by atoms with van der Waals surface area (Å²) in [7, 11) is 1.56. The van der Waals surface area contributed by atoms with E-state index in [2.05, 4.69) is 5.32 Å². The Bertz CT molecular complexity index is 547. The summed E-state index contributed by atoms with van der Waals surface area (Å²) in [5, 5.41) is 3.01. The van der Waals surface area contributed by atoms with Gasteiger partial charge in [-0.1, -0.05) is 17.7 Å². The number of nitrogens with one attached hydrogen (secondary N) is 1. The molecule has 6 heteroatoms. The Labute approximate surface area is 143 Å². The standard InChI is InChI=1S/C18H27N3O3/c1-13-3-5-14(6-4-13)18(23)21-9-7-15(8-10-21)20-17(22)11-16(12-19)24-2/h3-6,15-16H,7-12,19H2,1-2H3,(H,20,22). The van der Waals surface area contributed by atoms with Gasteiger partial charge in [0.2, 0.25) is 5.91 Å². The van der Waals surface area contributed by atoms with Gasteiger partial charge in [0.05, 0.1) is 12.5 Å². The molecule has 3 N–H and O–H groups in total. The van der Waals surface area contributed by atoms with E-state index in [1.165, 1.54) is 0 Å². The molecule has 1 aliphatic rings. The maximum Gasteiger partial charge on any atom is 0.253 e. The SMILES string of the molecule is COC(CN)CC(=O)NC1CCN(C(=O)c2ccc(C)cc2)CC1. The maximum absolute atomic E-state index is 12.5. The normalized spacial score (nSPS) is 16.7. The van der Waals surface area contributed by atoms with Crippen LogP contribution in [0, 0.1) is 6.92 Å². The predicted molar refractivity (Wildman–Crippen MR) is 92.7 cm³/mol. The Kier molecular flexibility index (Phi) is 6.75. The zero-order valence-electron chi connectivity index (χ0n) is 14.5. The lowest BCUT2D eigenvalue weighted by Crippen LogP contribution is -2.47. The summed E-state index contributed by atoms with van der Waals surface area (Å²) in [6.45, 7) is 3.64. The molecule has 0 spiro atoms. The van der Waals surface area contributed by atoms with E-state index in [-0.39, 0.29) is 30.4 Å². The van der Waals surface area contributed by atoms with Crippen molar-refractivity contribution in [3.8, 4) is 0 Å². The molecule has 1 aromatic carbocycles. The zero-order valence-corrected chi connectivity index (χ0v) is 14.5. The highest BCUT2D eigenvalue weighted by Gasteiger charge is 2.25. The van der Waals surface area contributed by atoms with E-state index in [1.54, 1.807) is 7.11 Å². The highest BCUT2D eigenvalue weighted by atomic mass is 16.5. The third-order valence-corrected chi connectivity index (χ3v) is 4.46. The zero-order chi connectivity index (χ0) is 17.5. The first-order chi connectivity index (χ1) is 11.5. The number of aryl methyl sites for hydroxylation is 1. The fourth-order valence-corrected chi connectivity index (χ4v) is 2.86. The molecule has 0 aliphatic carbocycles. The van der Waals surface area contributed by atoms with E-state index in [1.807, 2.05) is 36.1 Å². The van der Waals surface area contributed by atoms with Crippen LogP contribution in [0.25, 0.3) is 0 Å². The minimum absolute atomic E-state index is 0.0457. The van der Waals surface area contributed by atoms with Gasteiger partial charge in [0.25, 0.3) is 5.91 Å². The van der Waals surface area contributed by atoms with Crippen LogP contribution in [0.5, 0.6) is 0 Å². The molecular weight excluding hydrogens is 306 g/mol. The van der Waals surface area contributed by atoms with Gasteiger partial charge in [-0.15, -0.1) is 0 Å².